The molecule has 0 aromatic rings. The van der Waals surface area contributed by atoms with E-state index in [0.29, 0.717) is 5.92 Å². The summed E-state index contributed by atoms with van der Waals surface area (Å²) in [5.74, 6) is 0.301. The number of hydrogen-bond donors (Lipinski definition) is 1. The molecular formula is C9H21NO2S. The fourth-order valence-corrected chi connectivity index (χ4v) is 2.63. The topological polar surface area (TPSA) is 46.2 Å². The summed E-state index contributed by atoms with van der Waals surface area (Å²) in [6, 6.07) is -0.0116. The molecule has 1 N–H and O–H groups in total. The van der Waals surface area contributed by atoms with Gasteiger partial charge < -0.3 is 0 Å². The smallest absolute Gasteiger partial charge is 0.208 e. The van der Waals surface area contributed by atoms with Gasteiger partial charge in [-0.25, -0.2) is 13.1 Å². The summed E-state index contributed by atoms with van der Waals surface area (Å²) in [4.78, 5) is 0. The average Bonchev–Trinajstić information content (AvgIpc) is 1.77. The van der Waals surface area contributed by atoms with Crippen molar-refractivity contribution in [3.63, 3.8) is 0 Å². The van der Waals surface area contributed by atoms with Crippen LogP contribution in [0, 0.1) is 11.3 Å². The molecule has 0 amide bonds. The highest BCUT2D eigenvalue weighted by Gasteiger charge is 2.29. The Morgan fingerprint density at radius 3 is 1.62 bits per heavy atom. The minimum atomic E-state index is -3.10. The van der Waals surface area contributed by atoms with Crippen molar-refractivity contribution in [2.24, 2.45) is 11.3 Å². The van der Waals surface area contributed by atoms with E-state index in [1.165, 1.54) is 6.26 Å². The lowest BCUT2D eigenvalue weighted by molar-refractivity contribution is 0.240. The van der Waals surface area contributed by atoms with Gasteiger partial charge in [-0.2, -0.15) is 0 Å². The second-order valence-electron chi connectivity index (χ2n) is 4.98. The van der Waals surface area contributed by atoms with Crippen molar-refractivity contribution in [2.45, 2.75) is 40.7 Å². The molecule has 0 bridgehead atoms. The van der Waals surface area contributed by atoms with E-state index in [2.05, 4.69) is 4.72 Å². The van der Waals surface area contributed by atoms with Crippen LogP contribution in [0.5, 0.6) is 0 Å². The van der Waals surface area contributed by atoms with E-state index >= 15 is 0 Å². The second kappa shape index (κ2) is 3.96. The Balaban J connectivity index is 4.66. The van der Waals surface area contributed by atoms with Gasteiger partial charge in [-0.1, -0.05) is 34.6 Å². The van der Waals surface area contributed by atoms with Crippen LogP contribution in [0.3, 0.4) is 0 Å². The average molecular weight is 207 g/mol. The monoisotopic (exact) mass is 207 g/mol. The van der Waals surface area contributed by atoms with Gasteiger partial charge in [-0.3, -0.25) is 0 Å². The zero-order valence-electron chi connectivity index (χ0n) is 9.38. The standard InChI is InChI=1S/C9H21NO2S/c1-7(2)8(9(3,4)5)10-13(6,11)12/h7-8,10H,1-6H3. The first kappa shape index (κ1) is 12.9. The first-order valence-corrected chi connectivity index (χ1v) is 6.40. The van der Waals surface area contributed by atoms with E-state index in [4.69, 9.17) is 0 Å². The lowest BCUT2D eigenvalue weighted by Gasteiger charge is -2.33. The van der Waals surface area contributed by atoms with Crippen LogP contribution in [0.25, 0.3) is 0 Å². The molecular weight excluding hydrogens is 186 g/mol. The molecule has 1 unspecified atom stereocenters. The van der Waals surface area contributed by atoms with Crippen LogP contribution in [0.4, 0.5) is 0 Å². The first-order chi connectivity index (χ1) is 5.54. The lowest BCUT2D eigenvalue weighted by atomic mass is 9.81. The third-order valence-corrected chi connectivity index (χ3v) is 2.62. The minimum Gasteiger partial charge on any atom is -0.213 e. The van der Waals surface area contributed by atoms with Crippen LogP contribution in [-0.2, 0) is 10.0 Å². The molecule has 0 radical (unpaired) electrons. The maximum absolute atomic E-state index is 11.1. The summed E-state index contributed by atoms with van der Waals surface area (Å²) in [6.45, 7) is 10.2. The Hall–Kier alpha value is -0.0900. The molecule has 0 rings (SSSR count). The molecule has 0 aliphatic carbocycles. The summed E-state index contributed by atoms with van der Waals surface area (Å²) in [6.07, 6.45) is 1.20. The molecule has 0 aromatic carbocycles. The molecule has 80 valence electrons. The molecule has 0 spiro atoms. The quantitative estimate of drug-likeness (QED) is 0.764. The Morgan fingerprint density at radius 1 is 1.15 bits per heavy atom. The fraction of sp³-hybridized carbons (Fsp3) is 1.00. The van der Waals surface area contributed by atoms with Gasteiger partial charge >= 0.3 is 0 Å². The predicted octanol–water partition coefficient (Wildman–Crippen LogP) is 1.61. The molecule has 0 saturated heterocycles. The van der Waals surface area contributed by atoms with Crippen molar-refractivity contribution in [2.75, 3.05) is 6.26 Å². The van der Waals surface area contributed by atoms with Crippen molar-refractivity contribution in [1.82, 2.24) is 4.72 Å². The Labute approximate surface area is 82.0 Å². The van der Waals surface area contributed by atoms with Gasteiger partial charge in [0.1, 0.15) is 0 Å². The maximum atomic E-state index is 11.1. The van der Waals surface area contributed by atoms with Gasteiger partial charge in [0.25, 0.3) is 0 Å². The van der Waals surface area contributed by atoms with E-state index in [-0.39, 0.29) is 11.5 Å². The van der Waals surface area contributed by atoms with Gasteiger partial charge in [0.2, 0.25) is 10.0 Å². The zero-order chi connectivity index (χ0) is 10.9. The summed E-state index contributed by atoms with van der Waals surface area (Å²) in [5.41, 5.74) is -0.0444. The molecule has 0 fully saturated rings. The highest BCUT2D eigenvalue weighted by molar-refractivity contribution is 7.88. The van der Waals surface area contributed by atoms with Crippen LogP contribution in [0.15, 0.2) is 0 Å². The largest absolute Gasteiger partial charge is 0.213 e. The molecule has 1 atom stereocenters. The van der Waals surface area contributed by atoms with Gasteiger partial charge in [0.15, 0.2) is 0 Å². The molecule has 0 aromatic heterocycles. The Morgan fingerprint density at radius 2 is 1.54 bits per heavy atom. The maximum Gasteiger partial charge on any atom is 0.208 e. The molecule has 3 nitrogen and oxygen atoms in total. The second-order valence-corrected chi connectivity index (χ2v) is 6.76. The van der Waals surface area contributed by atoms with Gasteiger partial charge in [-0.05, 0) is 11.3 Å². The molecule has 0 aliphatic heterocycles. The molecule has 4 heteroatoms. The van der Waals surface area contributed by atoms with Crippen molar-refractivity contribution < 1.29 is 8.42 Å². The highest BCUT2D eigenvalue weighted by atomic mass is 32.2. The van der Waals surface area contributed by atoms with Crippen LogP contribution in [0.2, 0.25) is 0 Å². The minimum absolute atomic E-state index is 0.0116. The zero-order valence-corrected chi connectivity index (χ0v) is 10.2. The number of rotatable bonds is 3. The van der Waals surface area contributed by atoms with Gasteiger partial charge in [0.05, 0.1) is 6.26 Å². The summed E-state index contributed by atoms with van der Waals surface area (Å²) >= 11 is 0. The van der Waals surface area contributed by atoms with E-state index in [9.17, 15) is 8.42 Å². The Kier molecular flexibility index (Phi) is 3.94. The van der Waals surface area contributed by atoms with Crippen molar-refractivity contribution in [3.8, 4) is 0 Å². The lowest BCUT2D eigenvalue weighted by Crippen LogP contribution is -2.46. The summed E-state index contributed by atoms with van der Waals surface area (Å²) in [5, 5.41) is 0. The van der Waals surface area contributed by atoms with Crippen LogP contribution in [0.1, 0.15) is 34.6 Å². The molecule has 13 heavy (non-hydrogen) atoms. The van der Waals surface area contributed by atoms with E-state index < -0.39 is 10.0 Å². The van der Waals surface area contributed by atoms with Crippen molar-refractivity contribution in [3.05, 3.63) is 0 Å². The fourth-order valence-electron chi connectivity index (χ4n) is 1.54. The molecule has 0 aliphatic rings. The number of nitrogens with one attached hydrogen (secondary N) is 1. The summed E-state index contributed by atoms with van der Waals surface area (Å²) < 4.78 is 24.8. The van der Waals surface area contributed by atoms with Crippen molar-refractivity contribution >= 4 is 10.0 Å². The summed E-state index contributed by atoms with van der Waals surface area (Å²) in [7, 11) is -3.10. The SMILES string of the molecule is CC(C)C(NS(C)(=O)=O)C(C)(C)C. The normalized spacial score (nSPS) is 16.2. The highest BCUT2D eigenvalue weighted by Crippen LogP contribution is 2.25. The van der Waals surface area contributed by atoms with E-state index in [1.807, 2.05) is 34.6 Å². The van der Waals surface area contributed by atoms with Gasteiger partial charge in [0, 0.05) is 6.04 Å². The third kappa shape index (κ3) is 5.26. The number of hydrogen-bond acceptors (Lipinski definition) is 2. The predicted molar refractivity (Wildman–Crippen MR) is 56.1 cm³/mol. The van der Waals surface area contributed by atoms with E-state index in [1.54, 1.807) is 0 Å². The number of sulfonamides is 1. The molecule has 0 heterocycles. The van der Waals surface area contributed by atoms with Crippen LogP contribution < -0.4 is 4.72 Å². The van der Waals surface area contributed by atoms with Crippen LogP contribution >= 0.6 is 0 Å². The Bertz CT molecular complexity index is 249. The van der Waals surface area contributed by atoms with Crippen LogP contribution in [-0.4, -0.2) is 20.7 Å². The molecule has 0 saturated carbocycles. The van der Waals surface area contributed by atoms with Gasteiger partial charge in [-0.15, -0.1) is 0 Å². The van der Waals surface area contributed by atoms with Crippen molar-refractivity contribution in [1.29, 1.82) is 0 Å². The third-order valence-electron chi connectivity index (χ3n) is 1.94. The first-order valence-electron chi connectivity index (χ1n) is 4.51. The van der Waals surface area contributed by atoms with E-state index in [0.717, 1.165) is 0 Å².